The fourth-order valence-corrected chi connectivity index (χ4v) is 2.47. The predicted octanol–water partition coefficient (Wildman–Crippen LogP) is 0.659. The summed E-state index contributed by atoms with van der Waals surface area (Å²) in [6, 6.07) is 12.1. The first-order chi connectivity index (χ1) is 9.76. The summed E-state index contributed by atoms with van der Waals surface area (Å²) in [5.74, 6) is 5.26. The van der Waals surface area contributed by atoms with Crippen molar-refractivity contribution in [2.75, 3.05) is 5.32 Å². The van der Waals surface area contributed by atoms with Crippen LogP contribution in [0.4, 0.5) is 5.82 Å². The molecule has 1 amide bonds. The molecule has 1 aliphatic rings. The number of nitrogens with zero attached hydrogens (tertiary/aromatic N) is 2. The number of hydrazine groups is 1. The largest absolute Gasteiger partial charge is 0.365 e. The number of carbonyl (C=O) groups is 1. The molecule has 2 aromatic rings. The summed E-state index contributed by atoms with van der Waals surface area (Å²) in [6.07, 6.45) is 1.95. The number of benzene rings is 1. The number of fused-ring (bicyclic) bond motifs is 1. The van der Waals surface area contributed by atoms with E-state index in [-0.39, 0.29) is 5.69 Å². The van der Waals surface area contributed by atoms with Gasteiger partial charge < -0.3 is 5.32 Å². The molecule has 6 nitrogen and oxygen atoms in total. The second-order valence-electron chi connectivity index (χ2n) is 4.80. The van der Waals surface area contributed by atoms with Crippen LogP contribution in [0.5, 0.6) is 0 Å². The Balaban J connectivity index is 1.66. The zero-order valence-electron chi connectivity index (χ0n) is 10.8. The third kappa shape index (κ3) is 2.46. The molecule has 0 unspecified atom stereocenters. The van der Waals surface area contributed by atoms with Gasteiger partial charge in [-0.2, -0.15) is 0 Å². The molecule has 6 heteroatoms. The summed E-state index contributed by atoms with van der Waals surface area (Å²) in [4.78, 5) is 11.3. The van der Waals surface area contributed by atoms with Gasteiger partial charge in [0, 0.05) is 6.04 Å². The van der Waals surface area contributed by atoms with Crippen LogP contribution in [0.2, 0.25) is 0 Å². The Morgan fingerprint density at radius 3 is 2.35 bits per heavy atom. The second kappa shape index (κ2) is 5.26. The fourth-order valence-electron chi connectivity index (χ4n) is 2.47. The van der Waals surface area contributed by atoms with Crippen LogP contribution in [0.15, 0.2) is 36.4 Å². The molecule has 0 radical (unpaired) electrons. The van der Waals surface area contributed by atoms with E-state index in [0.29, 0.717) is 11.9 Å². The second-order valence-corrected chi connectivity index (χ2v) is 4.80. The number of hydrogen-bond donors (Lipinski definition) is 3. The van der Waals surface area contributed by atoms with E-state index in [2.05, 4.69) is 39.8 Å². The summed E-state index contributed by atoms with van der Waals surface area (Å²) in [5.41, 5.74) is 4.97. The normalized spacial score (nSPS) is 13.8. The van der Waals surface area contributed by atoms with Gasteiger partial charge in [0.15, 0.2) is 5.69 Å². The number of nitrogen functional groups attached to an aromatic ring is 1. The monoisotopic (exact) mass is 269 g/mol. The highest BCUT2D eigenvalue weighted by atomic mass is 16.2. The molecule has 0 spiro atoms. The molecular formula is C14H15N5O. The average molecular weight is 269 g/mol. The molecule has 1 aliphatic carbocycles. The van der Waals surface area contributed by atoms with Crippen LogP contribution in [0.3, 0.4) is 0 Å². The first kappa shape index (κ1) is 12.6. The third-order valence-electron chi connectivity index (χ3n) is 3.43. The number of nitrogens with one attached hydrogen (secondary N) is 2. The minimum absolute atomic E-state index is 0.202. The molecule has 102 valence electrons. The minimum Gasteiger partial charge on any atom is -0.365 e. The van der Waals surface area contributed by atoms with Crippen molar-refractivity contribution in [1.82, 2.24) is 15.6 Å². The van der Waals surface area contributed by atoms with Gasteiger partial charge >= 0.3 is 0 Å². The van der Waals surface area contributed by atoms with Crippen LogP contribution in [-0.2, 0) is 12.8 Å². The Morgan fingerprint density at radius 1 is 1.10 bits per heavy atom. The predicted molar refractivity (Wildman–Crippen MR) is 74.9 cm³/mol. The lowest BCUT2D eigenvalue weighted by molar-refractivity contribution is 0.0947. The maximum atomic E-state index is 11.3. The minimum atomic E-state index is -0.447. The standard InChI is InChI=1S/C14H15N5O/c15-17-14(20)12-5-6-13(19-18-12)16-11-7-9-3-1-2-4-10(9)8-11/h1-6,11H,7-8,15H2,(H,16,19)(H,17,20). The molecule has 1 aromatic carbocycles. The molecule has 1 heterocycles. The molecule has 1 aromatic heterocycles. The first-order valence-corrected chi connectivity index (χ1v) is 6.44. The molecule has 20 heavy (non-hydrogen) atoms. The Hall–Kier alpha value is -2.47. The highest BCUT2D eigenvalue weighted by molar-refractivity contribution is 5.91. The highest BCUT2D eigenvalue weighted by Gasteiger charge is 2.21. The number of nitrogens with two attached hydrogens (primary N) is 1. The molecule has 0 saturated heterocycles. The van der Waals surface area contributed by atoms with Crippen LogP contribution < -0.4 is 16.6 Å². The van der Waals surface area contributed by atoms with Gasteiger partial charge in [-0.15, -0.1) is 10.2 Å². The van der Waals surface area contributed by atoms with Gasteiger partial charge in [-0.25, -0.2) is 5.84 Å². The smallest absolute Gasteiger partial charge is 0.285 e. The number of aromatic nitrogens is 2. The molecule has 0 saturated carbocycles. The summed E-state index contributed by atoms with van der Waals surface area (Å²) in [6.45, 7) is 0. The van der Waals surface area contributed by atoms with Gasteiger partial charge in [-0.1, -0.05) is 24.3 Å². The van der Waals surface area contributed by atoms with Gasteiger partial charge in [-0.05, 0) is 36.1 Å². The topological polar surface area (TPSA) is 92.9 Å². The van der Waals surface area contributed by atoms with Crippen LogP contribution in [0.25, 0.3) is 0 Å². The van der Waals surface area contributed by atoms with Crippen molar-refractivity contribution in [3.05, 3.63) is 53.2 Å². The van der Waals surface area contributed by atoms with Crippen LogP contribution in [-0.4, -0.2) is 22.1 Å². The number of rotatable bonds is 3. The lowest BCUT2D eigenvalue weighted by Crippen LogP contribution is -2.31. The number of carbonyl (C=O) groups excluding carboxylic acids is 1. The summed E-state index contributed by atoms with van der Waals surface area (Å²) in [5, 5.41) is 11.2. The van der Waals surface area contributed by atoms with Gasteiger partial charge in [0.05, 0.1) is 0 Å². The molecule has 0 aliphatic heterocycles. The zero-order chi connectivity index (χ0) is 13.9. The quantitative estimate of drug-likeness (QED) is 0.432. The molecular weight excluding hydrogens is 254 g/mol. The SMILES string of the molecule is NNC(=O)c1ccc(NC2Cc3ccccc3C2)nn1. The van der Waals surface area contributed by atoms with E-state index in [0.717, 1.165) is 12.8 Å². The molecule has 4 N–H and O–H groups in total. The number of hydrogen-bond acceptors (Lipinski definition) is 5. The highest BCUT2D eigenvalue weighted by Crippen LogP contribution is 2.23. The third-order valence-corrected chi connectivity index (χ3v) is 3.43. The molecule has 0 atom stereocenters. The summed E-state index contributed by atoms with van der Waals surface area (Å²) in [7, 11) is 0. The molecule has 0 bridgehead atoms. The van der Waals surface area contributed by atoms with Gasteiger partial charge in [0.25, 0.3) is 5.91 Å². The average Bonchev–Trinajstić information content (AvgIpc) is 2.89. The Labute approximate surface area is 116 Å². The summed E-state index contributed by atoms with van der Waals surface area (Å²) >= 11 is 0. The van der Waals surface area contributed by atoms with Crippen molar-refractivity contribution in [3.63, 3.8) is 0 Å². The molecule has 0 fully saturated rings. The molecule has 3 rings (SSSR count). The lowest BCUT2D eigenvalue weighted by Gasteiger charge is -2.12. The van der Waals surface area contributed by atoms with Crippen molar-refractivity contribution in [2.24, 2.45) is 5.84 Å². The van der Waals surface area contributed by atoms with E-state index < -0.39 is 5.91 Å². The van der Waals surface area contributed by atoms with E-state index in [1.54, 1.807) is 12.1 Å². The van der Waals surface area contributed by atoms with Crippen molar-refractivity contribution < 1.29 is 4.79 Å². The van der Waals surface area contributed by atoms with Gasteiger partial charge in [0.2, 0.25) is 0 Å². The maximum absolute atomic E-state index is 11.3. The van der Waals surface area contributed by atoms with Crippen molar-refractivity contribution in [1.29, 1.82) is 0 Å². The van der Waals surface area contributed by atoms with Gasteiger partial charge in [0.1, 0.15) is 5.82 Å². The fraction of sp³-hybridized carbons (Fsp3) is 0.214. The number of amides is 1. The van der Waals surface area contributed by atoms with Crippen LogP contribution >= 0.6 is 0 Å². The van der Waals surface area contributed by atoms with Crippen LogP contribution in [0.1, 0.15) is 21.6 Å². The van der Waals surface area contributed by atoms with E-state index >= 15 is 0 Å². The van der Waals surface area contributed by atoms with Gasteiger partial charge in [-0.3, -0.25) is 10.2 Å². The first-order valence-electron chi connectivity index (χ1n) is 6.44. The Bertz CT molecular complexity index is 601. The van der Waals surface area contributed by atoms with E-state index in [1.807, 2.05) is 5.43 Å². The van der Waals surface area contributed by atoms with E-state index in [4.69, 9.17) is 5.84 Å². The zero-order valence-corrected chi connectivity index (χ0v) is 10.8. The Kier molecular flexibility index (Phi) is 3.30. The summed E-state index contributed by atoms with van der Waals surface area (Å²) < 4.78 is 0. The number of anilines is 1. The Morgan fingerprint density at radius 2 is 1.80 bits per heavy atom. The van der Waals surface area contributed by atoms with Crippen molar-refractivity contribution in [2.45, 2.75) is 18.9 Å². The van der Waals surface area contributed by atoms with Crippen molar-refractivity contribution >= 4 is 11.7 Å². The lowest BCUT2D eigenvalue weighted by atomic mass is 10.1. The van der Waals surface area contributed by atoms with E-state index in [9.17, 15) is 4.79 Å². The van der Waals surface area contributed by atoms with Crippen LogP contribution in [0, 0.1) is 0 Å². The maximum Gasteiger partial charge on any atom is 0.285 e. The van der Waals surface area contributed by atoms with Crippen molar-refractivity contribution in [3.8, 4) is 0 Å². The van der Waals surface area contributed by atoms with E-state index in [1.165, 1.54) is 11.1 Å².